The molecule has 128 valence electrons. The van der Waals surface area contributed by atoms with E-state index in [1.807, 2.05) is 18.5 Å². The van der Waals surface area contributed by atoms with Crippen molar-refractivity contribution in [2.45, 2.75) is 45.3 Å². The Balaban J connectivity index is 1.54. The third kappa shape index (κ3) is 3.37. The lowest BCUT2D eigenvalue weighted by Crippen LogP contribution is -2.38. The minimum absolute atomic E-state index is 0.275. The summed E-state index contributed by atoms with van der Waals surface area (Å²) in [7, 11) is 0. The Morgan fingerprint density at radius 2 is 2.17 bits per heavy atom. The van der Waals surface area contributed by atoms with Gasteiger partial charge in [-0.1, -0.05) is 6.07 Å². The van der Waals surface area contributed by atoms with Crippen molar-refractivity contribution in [3.63, 3.8) is 0 Å². The van der Waals surface area contributed by atoms with Crippen LogP contribution >= 0.6 is 0 Å². The van der Waals surface area contributed by atoms with Gasteiger partial charge in [-0.05, 0) is 49.8 Å². The van der Waals surface area contributed by atoms with Gasteiger partial charge in [-0.15, -0.1) is 0 Å². The van der Waals surface area contributed by atoms with Crippen molar-refractivity contribution in [2.24, 2.45) is 5.92 Å². The first-order valence-corrected chi connectivity index (χ1v) is 9.11. The third-order valence-electron chi connectivity index (χ3n) is 5.10. The number of aryl methyl sites for hydroxylation is 1. The number of ether oxygens (including phenoxy) is 1. The van der Waals surface area contributed by atoms with Crippen molar-refractivity contribution in [3.05, 3.63) is 47.5 Å². The van der Waals surface area contributed by atoms with E-state index in [-0.39, 0.29) is 6.04 Å². The van der Waals surface area contributed by atoms with Gasteiger partial charge in [0.15, 0.2) is 0 Å². The van der Waals surface area contributed by atoms with Crippen LogP contribution in [0, 0.1) is 5.92 Å². The maximum Gasteiger partial charge on any atom is 0.0760 e. The van der Waals surface area contributed by atoms with Crippen LogP contribution in [0.5, 0.6) is 0 Å². The minimum atomic E-state index is 0.275. The van der Waals surface area contributed by atoms with Gasteiger partial charge in [0.1, 0.15) is 0 Å². The second-order valence-corrected chi connectivity index (χ2v) is 6.91. The fourth-order valence-corrected chi connectivity index (χ4v) is 3.56. The van der Waals surface area contributed by atoms with E-state index in [0.717, 1.165) is 50.9 Å². The van der Waals surface area contributed by atoms with Crippen LogP contribution in [0.4, 0.5) is 0 Å². The summed E-state index contributed by atoms with van der Waals surface area (Å²) in [4.78, 5) is 7.01. The van der Waals surface area contributed by atoms with Gasteiger partial charge < -0.3 is 4.74 Å². The van der Waals surface area contributed by atoms with E-state index in [9.17, 15) is 0 Å². The van der Waals surface area contributed by atoms with E-state index in [2.05, 4.69) is 38.7 Å². The highest BCUT2D eigenvalue weighted by Crippen LogP contribution is 2.33. The van der Waals surface area contributed by atoms with Crippen molar-refractivity contribution in [1.29, 1.82) is 0 Å². The molecule has 2 aromatic rings. The molecule has 2 aromatic heterocycles. The molecule has 3 heterocycles. The van der Waals surface area contributed by atoms with Gasteiger partial charge in [-0.3, -0.25) is 14.6 Å². The number of fused-ring (bicyclic) bond motifs is 1. The smallest absolute Gasteiger partial charge is 0.0760 e. The molecule has 5 nitrogen and oxygen atoms in total. The van der Waals surface area contributed by atoms with Crippen LogP contribution in [-0.2, 0) is 24.2 Å². The van der Waals surface area contributed by atoms with E-state index in [1.165, 1.54) is 24.1 Å². The Kier molecular flexibility index (Phi) is 4.63. The molecule has 5 heteroatoms. The lowest BCUT2D eigenvalue weighted by molar-refractivity contribution is 0.0404. The Bertz CT molecular complexity index is 652. The fourth-order valence-electron chi connectivity index (χ4n) is 3.56. The number of aromatic nitrogens is 3. The summed E-state index contributed by atoms with van der Waals surface area (Å²) in [5.74, 6) is 0.799. The largest absolute Gasteiger partial charge is 0.379 e. The Labute approximate surface area is 143 Å². The molecular formula is C19H26N4O. The summed E-state index contributed by atoms with van der Waals surface area (Å²) < 4.78 is 8.23. The summed E-state index contributed by atoms with van der Waals surface area (Å²) >= 11 is 0. The van der Waals surface area contributed by atoms with Crippen molar-refractivity contribution >= 4 is 0 Å². The van der Waals surface area contributed by atoms with Crippen molar-refractivity contribution in [2.75, 3.05) is 19.8 Å². The van der Waals surface area contributed by atoms with E-state index in [4.69, 9.17) is 4.74 Å². The number of rotatable bonds is 7. The van der Waals surface area contributed by atoms with E-state index >= 15 is 0 Å². The van der Waals surface area contributed by atoms with E-state index in [0.29, 0.717) is 0 Å². The zero-order valence-corrected chi connectivity index (χ0v) is 14.4. The maximum absolute atomic E-state index is 6.09. The van der Waals surface area contributed by atoms with E-state index in [1.54, 1.807) is 0 Å². The van der Waals surface area contributed by atoms with Gasteiger partial charge in [-0.25, -0.2) is 0 Å². The van der Waals surface area contributed by atoms with Gasteiger partial charge in [0, 0.05) is 32.4 Å². The highest BCUT2D eigenvalue weighted by Gasteiger charge is 2.32. The molecular weight excluding hydrogens is 300 g/mol. The summed E-state index contributed by atoms with van der Waals surface area (Å²) in [6, 6.07) is 6.42. The first kappa shape index (κ1) is 15.8. The molecule has 2 aliphatic rings. The molecule has 1 atom stereocenters. The Hall–Kier alpha value is -1.72. The number of hydrogen-bond donors (Lipinski definition) is 0. The number of pyridine rings is 1. The van der Waals surface area contributed by atoms with Crippen molar-refractivity contribution < 1.29 is 4.74 Å². The quantitative estimate of drug-likeness (QED) is 0.785. The first-order chi connectivity index (χ1) is 11.8. The molecule has 0 spiro atoms. The molecule has 0 unspecified atom stereocenters. The van der Waals surface area contributed by atoms with Gasteiger partial charge >= 0.3 is 0 Å². The summed E-state index contributed by atoms with van der Waals surface area (Å²) in [6.45, 7) is 6.63. The van der Waals surface area contributed by atoms with Crippen LogP contribution in [0.15, 0.2) is 30.6 Å². The minimum Gasteiger partial charge on any atom is -0.379 e. The summed E-state index contributed by atoms with van der Waals surface area (Å²) in [5.41, 5.74) is 3.85. The van der Waals surface area contributed by atoms with Crippen LogP contribution in [-0.4, -0.2) is 39.4 Å². The monoisotopic (exact) mass is 326 g/mol. The highest BCUT2D eigenvalue weighted by atomic mass is 16.5. The molecule has 0 N–H and O–H groups in total. The van der Waals surface area contributed by atoms with Gasteiger partial charge in [0.25, 0.3) is 0 Å². The van der Waals surface area contributed by atoms with Crippen LogP contribution < -0.4 is 0 Å². The fraction of sp³-hybridized carbons (Fsp3) is 0.579. The normalized spacial score (nSPS) is 21.0. The highest BCUT2D eigenvalue weighted by molar-refractivity contribution is 5.25. The van der Waals surface area contributed by atoms with Crippen LogP contribution in [0.3, 0.4) is 0 Å². The molecule has 0 bridgehead atoms. The Morgan fingerprint density at radius 3 is 2.92 bits per heavy atom. The predicted molar refractivity (Wildman–Crippen MR) is 92.5 cm³/mol. The topological polar surface area (TPSA) is 43.2 Å². The van der Waals surface area contributed by atoms with Crippen LogP contribution in [0.2, 0.25) is 0 Å². The van der Waals surface area contributed by atoms with E-state index < -0.39 is 0 Å². The summed E-state index contributed by atoms with van der Waals surface area (Å²) in [6.07, 6.45) is 7.65. The lowest BCUT2D eigenvalue weighted by Gasteiger charge is -2.36. The predicted octanol–water partition coefficient (Wildman–Crippen LogP) is 2.82. The van der Waals surface area contributed by atoms with Crippen molar-refractivity contribution in [1.82, 2.24) is 19.7 Å². The molecule has 0 amide bonds. The van der Waals surface area contributed by atoms with Crippen LogP contribution in [0.25, 0.3) is 0 Å². The van der Waals surface area contributed by atoms with Gasteiger partial charge in [-0.2, -0.15) is 5.10 Å². The van der Waals surface area contributed by atoms with Gasteiger partial charge in [0.2, 0.25) is 0 Å². The zero-order valence-electron chi connectivity index (χ0n) is 14.4. The molecule has 0 radical (unpaired) electrons. The molecule has 24 heavy (non-hydrogen) atoms. The van der Waals surface area contributed by atoms with Crippen LogP contribution in [0.1, 0.15) is 42.8 Å². The molecule has 0 saturated heterocycles. The molecule has 1 fully saturated rings. The average Bonchev–Trinajstić information content (AvgIpc) is 3.34. The molecule has 0 aromatic carbocycles. The molecule has 1 saturated carbocycles. The Morgan fingerprint density at radius 1 is 1.25 bits per heavy atom. The first-order valence-electron chi connectivity index (χ1n) is 9.11. The zero-order chi connectivity index (χ0) is 16.4. The van der Waals surface area contributed by atoms with Crippen molar-refractivity contribution in [3.8, 4) is 0 Å². The third-order valence-corrected chi connectivity index (χ3v) is 5.10. The average molecular weight is 326 g/mol. The molecule has 1 aliphatic heterocycles. The van der Waals surface area contributed by atoms with Gasteiger partial charge in [0.05, 0.1) is 30.2 Å². The second kappa shape index (κ2) is 7.03. The second-order valence-electron chi connectivity index (χ2n) is 6.91. The molecule has 1 aliphatic carbocycles. The lowest BCUT2D eigenvalue weighted by atomic mass is 9.99. The molecule has 4 rings (SSSR count). The number of nitrogens with zero attached hydrogens (tertiary/aromatic N) is 4. The standard InChI is InChI=1S/C19H26N4O/c1-2-23-19-16(11-21-23)8-10-22(12-17-5-3-4-9-20-17)18(19)14-24-13-15-6-7-15/h3-5,9,11,15,18H,2,6-8,10,12-14H2,1H3/t18-/m0/s1. The number of hydrogen-bond acceptors (Lipinski definition) is 4. The maximum atomic E-state index is 6.09. The SMILES string of the molecule is CCn1ncc2c1[C@H](COCC1CC1)N(Cc1ccccn1)CC2. The summed E-state index contributed by atoms with van der Waals surface area (Å²) in [5, 5.41) is 4.58.